The lowest BCUT2D eigenvalue weighted by Crippen LogP contribution is -2.04. The molecule has 5 heteroatoms. The average Bonchev–Trinajstić information content (AvgIpc) is 2.76. The first kappa shape index (κ1) is 11.5. The van der Waals surface area contributed by atoms with Crippen molar-refractivity contribution in [1.29, 1.82) is 0 Å². The topological polar surface area (TPSA) is 66.0 Å². The number of rotatable bonds is 2. The van der Waals surface area contributed by atoms with Crippen LogP contribution in [0, 0.1) is 6.92 Å². The van der Waals surface area contributed by atoms with E-state index in [0.717, 1.165) is 22.3 Å². The minimum absolute atomic E-state index is 0.569. The lowest BCUT2D eigenvalue weighted by molar-refractivity contribution is 0.419. The molecule has 0 aliphatic rings. The van der Waals surface area contributed by atoms with Crippen molar-refractivity contribution >= 4 is 16.7 Å². The van der Waals surface area contributed by atoms with Crippen LogP contribution in [0.1, 0.15) is 5.69 Å². The summed E-state index contributed by atoms with van der Waals surface area (Å²) in [7, 11) is 1.63. The SMILES string of the molecule is COc1cccc2ccc(-n3nc(C)cc3N)nc12. The molecule has 2 aromatic heterocycles. The molecule has 0 bridgehead atoms. The van der Waals surface area contributed by atoms with Gasteiger partial charge >= 0.3 is 0 Å². The van der Waals surface area contributed by atoms with Crippen molar-refractivity contribution in [2.45, 2.75) is 6.92 Å². The van der Waals surface area contributed by atoms with Gasteiger partial charge in [-0.25, -0.2) is 4.98 Å². The zero-order valence-electron chi connectivity index (χ0n) is 10.8. The van der Waals surface area contributed by atoms with Crippen molar-refractivity contribution in [3.05, 3.63) is 42.1 Å². The van der Waals surface area contributed by atoms with E-state index in [0.29, 0.717) is 11.6 Å². The molecule has 1 aromatic carbocycles. The monoisotopic (exact) mass is 254 g/mol. The maximum Gasteiger partial charge on any atom is 0.156 e. The van der Waals surface area contributed by atoms with Gasteiger partial charge in [0.1, 0.15) is 17.1 Å². The van der Waals surface area contributed by atoms with Crippen molar-refractivity contribution < 1.29 is 4.74 Å². The first-order chi connectivity index (χ1) is 9.19. The van der Waals surface area contributed by atoms with Gasteiger partial charge in [0.15, 0.2) is 5.82 Å². The predicted molar refractivity (Wildman–Crippen MR) is 74.6 cm³/mol. The number of hydrogen-bond acceptors (Lipinski definition) is 4. The van der Waals surface area contributed by atoms with Crippen LogP contribution < -0.4 is 10.5 Å². The standard InChI is InChI=1S/C14H14N4O/c1-9-8-12(15)18(17-9)13-7-6-10-4-3-5-11(19-2)14(10)16-13/h3-8H,15H2,1-2H3. The van der Waals surface area contributed by atoms with Gasteiger partial charge in [-0.1, -0.05) is 12.1 Å². The summed E-state index contributed by atoms with van der Waals surface area (Å²) >= 11 is 0. The average molecular weight is 254 g/mol. The Morgan fingerprint density at radius 3 is 2.74 bits per heavy atom. The van der Waals surface area contributed by atoms with E-state index in [1.807, 2.05) is 43.3 Å². The summed E-state index contributed by atoms with van der Waals surface area (Å²) in [4.78, 5) is 4.59. The summed E-state index contributed by atoms with van der Waals surface area (Å²) < 4.78 is 6.96. The maximum absolute atomic E-state index is 5.92. The number of ether oxygens (including phenoxy) is 1. The van der Waals surface area contributed by atoms with Crippen molar-refractivity contribution in [2.75, 3.05) is 12.8 Å². The third-order valence-corrected chi connectivity index (χ3v) is 2.96. The Hall–Kier alpha value is -2.56. The van der Waals surface area contributed by atoms with Crippen LogP contribution in [0.2, 0.25) is 0 Å². The highest BCUT2D eigenvalue weighted by Crippen LogP contribution is 2.25. The largest absolute Gasteiger partial charge is 0.494 e. The highest BCUT2D eigenvalue weighted by Gasteiger charge is 2.08. The van der Waals surface area contributed by atoms with Crippen LogP contribution in [0.5, 0.6) is 5.75 Å². The van der Waals surface area contributed by atoms with E-state index in [2.05, 4.69) is 10.1 Å². The smallest absolute Gasteiger partial charge is 0.156 e. The van der Waals surface area contributed by atoms with Crippen LogP contribution in [0.25, 0.3) is 16.7 Å². The Kier molecular flexibility index (Phi) is 2.59. The van der Waals surface area contributed by atoms with E-state index in [4.69, 9.17) is 10.5 Å². The molecule has 0 aliphatic heterocycles. The number of nitrogens with two attached hydrogens (primary N) is 1. The molecule has 0 radical (unpaired) electrons. The molecule has 0 aliphatic carbocycles. The molecule has 0 saturated heterocycles. The number of nitrogens with zero attached hydrogens (tertiary/aromatic N) is 3. The third-order valence-electron chi connectivity index (χ3n) is 2.96. The molecule has 0 atom stereocenters. The van der Waals surface area contributed by atoms with Crippen LogP contribution in [0.3, 0.4) is 0 Å². The summed E-state index contributed by atoms with van der Waals surface area (Å²) in [6, 6.07) is 11.5. The van der Waals surface area contributed by atoms with E-state index in [9.17, 15) is 0 Å². The number of pyridine rings is 1. The number of aryl methyl sites for hydroxylation is 1. The third kappa shape index (κ3) is 1.89. The maximum atomic E-state index is 5.92. The number of aromatic nitrogens is 3. The van der Waals surface area contributed by atoms with Crippen LogP contribution in [0.4, 0.5) is 5.82 Å². The van der Waals surface area contributed by atoms with Gasteiger partial charge in [0.2, 0.25) is 0 Å². The van der Waals surface area contributed by atoms with Gasteiger partial charge in [-0.05, 0) is 25.1 Å². The molecule has 3 rings (SSSR count). The fraction of sp³-hybridized carbons (Fsp3) is 0.143. The summed E-state index contributed by atoms with van der Waals surface area (Å²) in [6.45, 7) is 1.90. The number of anilines is 1. The van der Waals surface area contributed by atoms with E-state index in [1.54, 1.807) is 11.8 Å². The number of hydrogen-bond donors (Lipinski definition) is 1. The van der Waals surface area contributed by atoms with Crippen molar-refractivity contribution in [2.24, 2.45) is 0 Å². The molecule has 0 spiro atoms. The second-order valence-electron chi connectivity index (χ2n) is 4.32. The lowest BCUT2D eigenvalue weighted by Gasteiger charge is -2.07. The number of nitrogen functional groups attached to an aromatic ring is 1. The predicted octanol–water partition coefficient (Wildman–Crippen LogP) is 2.32. The normalized spacial score (nSPS) is 10.8. The second-order valence-corrected chi connectivity index (χ2v) is 4.32. The molecule has 0 unspecified atom stereocenters. The Labute approximate surface area is 110 Å². The summed E-state index contributed by atoms with van der Waals surface area (Å²) in [6.07, 6.45) is 0. The summed E-state index contributed by atoms with van der Waals surface area (Å²) in [5.41, 5.74) is 7.58. The zero-order valence-corrected chi connectivity index (χ0v) is 10.8. The van der Waals surface area contributed by atoms with Crippen LogP contribution >= 0.6 is 0 Å². The van der Waals surface area contributed by atoms with Gasteiger partial charge in [-0.3, -0.25) is 0 Å². The minimum Gasteiger partial charge on any atom is -0.494 e. The number of para-hydroxylation sites is 1. The Balaban J connectivity index is 2.23. The van der Waals surface area contributed by atoms with E-state index in [-0.39, 0.29) is 0 Å². The molecule has 3 aromatic rings. The first-order valence-corrected chi connectivity index (χ1v) is 5.95. The summed E-state index contributed by atoms with van der Waals surface area (Å²) in [5, 5.41) is 5.35. The van der Waals surface area contributed by atoms with Crippen LogP contribution in [0.15, 0.2) is 36.4 Å². The molecule has 2 heterocycles. The molecule has 96 valence electrons. The van der Waals surface area contributed by atoms with Crippen molar-refractivity contribution in [1.82, 2.24) is 14.8 Å². The van der Waals surface area contributed by atoms with Gasteiger partial charge in [-0.2, -0.15) is 9.78 Å². The van der Waals surface area contributed by atoms with Crippen molar-refractivity contribution in [3.8, 4) is 11.6 Å². The van der Waals surface area contributed by atoms with Gasteiger partial charge in [0, 0.05) is 11.5 Å². The number of methoxy groups -OCH3 is 1. The zero-order chi connectivity index (χ0) is 13.4. The molecule has 0 saturated carbocycles. The first-order valence-electron chi connectivity index (χ1n) is 5.95. The molecule has 0 amide bonds. The molecule has 19 heavy (non-hydrogen) atoms. The van der Waals surface area contributed by atoms with E-state index < -0.39 is 0 Å². The quantitative estimate of drug-likeness (QED) is 0.762. The molecular weight excluding hydrogens is 240 g/mol. The van der Waals surface area contributed by atoms with Gasteiger partial charge in [-0.15, -0.1) is 0 Å². The number of fused-ring (bicyclic) bond motifs is 1. The molecule has 0 fully saturated rings. The van der Waals surface area contributed by atoms with Crippen LogP contribution in [-0.2, 0) is 0 Å². The van der Waals surface area contributed by atoms with Crippen LogP contribution in [-0.4, -0.2) is 21.9 Å². The highest BCUT2D eigenvalue weighted by atomic mass is 16.5. The Bertz CT molecular complexity index is 748. The Morgan fingerprint density at radius 2 is 2.05 bits per heavy atom. The molecular formula is C14H14N4O. The molecule has 5 nitrogen and oxygen atoms in total. The van der Waals surface area contributed by atoms with Gasteiger partial charge in [0.05, 0.1) is 12.8 Å². The van der Waals surface area contributed by atoms with E-state index >= 15 is 0 Å². The highest BCUT2D eigenvalue weighted by molar-refractivity contribution is 5.85. The van der Waals surface area contributed by atoms with Gasteiger partial charge in [0.25, 0.3) is 0 Å². The number of benzene rings is 1. The second kappa shape index (κ2) is 4.28. The fourth-order valence-electron chi connectivity index (χ4n) is 2.10. The van der Waals surface area contributed by atoms with E-state index in [1.165, 1.54) is 0 Å². The minimum atomic E-state index is 0.569. The summed E-state index contributed by atoms with van der Waals surface area (Å²) in [5.74, 6) is 1.99. The van der Waals surface area contributed by atoms with Crippen molar-refractivity contribution in [3.63, 3.8) is 0 Å². The molecule has 2 N–H and O–H groups in total. The lowest BCUT2D eigenvalue weighted by atomic mass is 10.2. The van der Waals surface area contributed by atoms with Gasteiger partial charge < -0.3 is 10.5 Å². The Morgan fingerprint density at radius 1 is 1.21 bits per heavy atom. The fourth-order valence-corrected chi connectivity index (χ4v) is 2.10.